The van der Waals surface area contributed by atoms with E-state index in [1.165, 1.54) is 23.5 Å². The molecular formula is C18H24Cl3FN4OS. The summed E-state index contributed by atoms with van der Waals surface area (Å²) in [5, 5.41) is 6.17. The smallest absolute Gasteiger partial charge is 0.271 e. The Morgan fingerprint density at radius 3 is 2.93 bits per heavy atom. The number of carbonyl (C=O) groups is 1. The van der Waals surface area contributed by atoms with Gasteiger partial charge in [0.15, 0.2) is 0 Å². The van der Waals surface area contributed by atoms with Crippen LogP contribution in [0, 0.1) is 5.82 Å². The van der Waals surface area contributed by atoms with Crippen LogP contribution in [0.4, 0.5) is 4.39 Å². The zero-order valence-electron chi connectivity index (χ0n) is 15.2. The number of halogens is 4. The third kappa shape index (κ3) is 6.83. The van der Waals surface area contributed by atoms with E-state index in [4.69, 9.17) is 17.3 Å². The molecule has 1 aliphatic heterocycles. The molecule has 1 aliphatic rings. The van der Waals surface area contributed by atoms with Gasteiger partial charge in [-0.25, -0.2) is 9.37 Å². The third-order valence-corrected chi connectivity index (χ3v) is 5.65. The number of nitrogens with one attached hydrogen (secondary N) is 1. The summed E-state index contributed by atoms with van der Waals surface area (Å²) >= 11 is 7.59. The lowest BCUT2D eigenvalue weighted by Crippen LogP contribution is -2.47. The molecule has 3 N–H and O–H groups in total. The maximum Gasteiger partial charge on any atom is 0.271 e. The van der Waals surface area contributed by atoms with Crippen LogP contribution < -0.4 is 11.1 Å². The number of hydrogen-bond acceptors (Lipinski definition) is 5. The first-order chi connectivity index (χ1) is 12.5. The van der Waals surface area contributed by atoms with Gasteiger partial charge in [-0.15, -0.1) is 36.2 Å². The van der Waals surface area contributed by atoms with Crippen molar-refractivity contribution in [3.63, 3.8) is 0 Å². The maximum absolute atomic E-state index is 13.2. The summed E-state index contributed by atoms with van der Waals surface area (Å²) in [6.07, 6.45) is 2.60. The molecule has 28 heavy (non-hydrogen) atoms. The first-order valence-corrected chi connectivity index (χ1v) is 9.92. The van der Waals surface area contributed by atoms with Crippen molar-refractivity contribution in [3.8, 4) is 0 Å². The van der Waals surface area contributed by atoms with Gasteiger partial charge in [0.25, 0.3) is 5.91 Å². The van der Waals surface area contributed by atoms with Crippen molar-refractivity contribution in [2.24, 2.45) is 5.73 Å². The van der Waals surface area contributed by atoms with E-state index in [1.807, 2.05) is 0 Å². The number of carbonyl (C=O) groups excluding carboxylic acids is 1. The fraction of sp³-hybridized carbons (Fsp3) is 0.444. The summed E-state index contributed by atoms with van der Waals surface area (Å²) in [5.74, 6) is -0.476. The van der Waals surface area contributed by atoms with Crippen LogP contribution >= 0.6 is 47.8 Å². The van der Waals surface area contributed by atoms with Gasteiger partial charge in [-0.1, -0.05) is 17.7 Å². The van der Waals surface area contributed by atoms with Gasteiger partial charge in [-0.05, 0) is 43.6 Å². The normalized spacial score (nSPS) is 16.8. The number of benzene rings is 1. The van der Waals surface area contributed by atoms with Crippen LogP contribution in [0.25, 0.3) is 0 Å². The molecule has 1 amide bonds. The Kier molecular flexibility index (Phi) is 10.7. The minimum Gasteiger partial charge on any atom is -0.347 e. The van der Waals surface area contributed by atoms with Gasteiger partial charge in [-0.2, -0.15) is 0 Å². The Morgan fingerprint density at radius 1 is 1.43 bits per heavy atom. The number of hydrogen-bond donors (Lipinski definition) is 2. The second kappa shape index (κ2) is 11.9. The Morgan fingerprint density at radius 2 is 2.21 bits per heavy atom. The lowest BCUT2D eigenvalue weighted by Gasteiger charge is -2.33. The van der Waals surface area contributed by atoms with Gasteiger partial charge >= 0.3 is 0 Å². The monoisotopic (exact) mass is 468 g/mol. The van der Waals surface area contributed by atoms with Crippen molar-refractivity contribution >= 4 is 53.7 Å². The molecule has 1 aromatic heterocycles. The topological polar surface area (TPSA) is 71.2 Å². The number of aromatic nitrogens is 1. The molecule has 3 rings (SSSR count). The van der Waals surface area contributed by atoms with Gasteiger partial charge in [0.2, 0.25) is 0 Å². The molecule has 1 atom stereocenters. The molecule has 1 saturated heterocycles. The number of amides is 1. The molecule has 1 unspecified atom stereocenters. The van der Waals surface area contributed by atoms with Crippen molar-refractivity contribution < 1.29 is 9.18 Å². The Bertz CT molecular complexity index is 777. The second-order valence-corrected chi connectivity index (χ2v) is 7.80. The van der Waals surface area contributed by atoms with Crippen LogP contribution in [-0.2, 0) is 13.0 Å². The molecule has 1 fully saturated rings. The number of piperidine rings is 1. The molecule has 0 aliphatic carbocycles. The van der Waals surface area contributed by atoms with Gasteiger partial charge < -0.3 is 11.1 Å². The summed E-state index contributed by atoms with van der Waals surface area (Å²) in [6.45, 7) is 2.83. The van der Waals surface area contributed by atoms with Crippen LogP contribution in [0.15, 0.2) is 23.6 Å². The Labute approximate surface area is 185 Å². The molecule has 0 saturated carbocycles. The Balaban J connectivity index is 0.00000196. The zero-order valence-corrected chi connectivity index (χ0v) is 18.4. The molecular weight excluding hydrogens is 446 g/mol. The lowest BCUT2D eigenvalue weighted by molar-refractivity contribution is 0.0896. The average Bonchev–Trinajstić information content (AvgIpc) is 3.07. The standard InChI is InChI=1S/C18H22ClFN4OS.2ClH/c19-15-8-13(20)4-3-12(15)9-24-7-1-2-14(10-24)22-18(25)16-11-26-17(23-16)5-6-21;;/h3-4,8,11,14H,1-2,5-7,9-10,21H2,(H,22,25);2*1H. The minimum atomic E-state index is -0.334. The van der Waals surface area contributed by atoms with Crippen LogP contribution in [-0.4, -0.2) is 41.5 Å². The summed E-state index contributed by atoms with van der Waals surface area (Å²) in [7, 11) is 0. The fourth-order valence-corrected chi connectivity index (χ4v) is 4.14. The van der Waals surface area contributed by atoms with Crippen LogP contribution in [0.5, 0.6) is 0 Å². The molecule has 10 heteroatoms. The summed E-state index contributed by atoms with van der Waals surface area (Å²) in [4.78, 5) is 19.0. The number of rotatable bonds is 6. The molecule has 156 valence electrons. The number of thiazole rings is 1. The van der Waals surface area contributed by atoms with Crippen molar-refractivity contribution in [2.45, 2.75) is 31.8 Å². The molecule has 0 spiro atoms. The SMILES string of the molecule is Cl.Cl.NCCc1nc(C(=O)NC2CCCN(Cc3ccc(F)cc3Cl)C2)cs1. The van der Waals surface area contributed by atoms with E-state index in [0.29, 0.717) is 30.2 Å². The highest BCUT2D eigenvalue weighted by atomic mass is 35.5. The van der Waals surface area contributed by atoms with E-state index >= 15 is 0 Å². The summed E-state index contributed by atoms with van der Waals surface area (Å²) in [5.41, 5.74) is 6.87. The third-order valence-electron chi connectivity index (χ3n) is 4.39. The van der Waals surface area contributed by atoms with E-state index in [-0.39, 0.29) is 42.6 Å². The minimum absolute atomic E-state index is 0. The number of nitrogens with two attached hydrogens (primary N) is 1. The largest absolute Gasteiger partial charge is 0.347 e. The quantitative estimate of drug-likeness (QED) is 0.677. The summed E-state index contributed by atoms with van der Waals surface area (Å²) in [6, 6.07) is 4.54. The van der Waals surface area contributed by atoms with E-state index in [2.05, 4.69) is 15.2 Å². The highest BCUT2D eigenvalue weighted by Gasteiger charge is 2.23. The van der Waals surface area contributed by atoms with E-state index in [0.717, 1.165) is 36.5 Å². The van der Waals surface area contributed by atoms with Crippen molar-refractivity contribution in [1.29, 1.82) is 0 Å². The number of nitrogens with zero attached hydrogens (tertiary/aromatic N) is 2. The number of likely N-dealkylation sites (tertiary alicyclic amines) is 1. The molecule has 2 aromatic rings. The van der Waals surface area contributed by atoms with E-state index in [1.54, 1.807) is 11.4 Å². The van der Waals surface area contributed by atoms with Crippen LogP contribution in [0.2, 0.25) is 5.02 Å². The fourth-order valence-electron chi connectivity index (χ4n) is 3.12. The molecule has 0 radical (unpaired) electrons. The average molecular weight is 470 g/mol. The van der Waals surface area contributed by atoms with Crippen molar-refractivity contribution in [1.82, 2.24) is 15.2 Å². The second-order valence-electron chi connectivity index (χ2n) is 6.45. The van der Waals surface area contributed by atoms with Crippen molar-refractivity contribution in [2.75, 3.05) is 19.6 Å². The molecule has 0 bridgehead atoms. The Hall–Kier alpha value is -0.960. The van der Waals surface area contributed by atoms with Crippen LogP contribution in [0.3, 0.4) is 0 Å². The maximum atomic E-state index is 13.2. The predicted molar refractivity (Wildman–Crippen MR) is 117 cm³/mol. The van der Waals surface area contributed by atoms with E-state index in [9.17, 15) is 9.18 Å². The first-order valence-electron chi connectivity index (χ1n) is 8.67. The highest BCUT2D eigenvalue weighted by molar-refractivity contribution is 7.09. The molecule has 2 heterocycles. The van der Waals surface area contributed by atoms with Gasteiger partial charge in [0, 0.05) is 36.0 Å². The zero-order chi connectivity index (χ0) is 18.5. The highest BCUT2D eigenvalue weighted by Crippen LogP contribution is 2.21. The lowest BCUT2D eigenvalue weighted by atomic mass is 10.0. The summed E-state index contributed by atoms with van der Waals surface area (Å²) < 4.78 is 13.2. The molecule has 5 nitrogen and oxygen atoms in total. The van der Waals surface area contributed by atoms with Gasteiger partial charge in [-0.3, -0.25) is 9.69 Å². The van der Waals surface area contributed by atoms with Gasteiger partial charge in [0.1, 0.15) is 11.5 Å². The molecule has 1 aromatic carbocycles. The first kappa shape index (κ1) is 25.1. The predicted octanol–water partition coefficient (Wildman–Crippen LogP) is 3.67. The van der Waals surface area contributed by atoms with E-state index < -0.39 is 0 Å². The van der Waals surface area contributed by atoms with Gasteiger partial charge in [0.05, 0.1) is 5.01 Å². The van der Waals surface area contributed by atoms with Crippen molar-refractivity contribution in [3.05, 3.63) is 50.7 Å². The van der Waals surface area contributed by atoms with Crippen LogP contribution in [0.1, 0.15) is 33.9 Å².